The minimum absolute atomic E-state index is 0.0610. The molecular weight excluding hydrogens is 332 g/mol. The van der Waals surface area contributed by atoms with Crippen molar-refractivity contribution < 1.29 is 9.90 Å². The maximum atomic E-state index is 13.0. The number of hydrogen-bond donors (Lipinski definition) is 2. The van der Waals surface area contributed by atoms with Gasteiger partial charge in [0.15, 0.2) is 0 Å². The number of likely N-dealkylation sites (N-methyl/N-ethyl adjacent to an activating group) is 1. The number of amides is 1. The van der Waals surface area contributed by atoms with Crippen molar-refractivity contribution in [3.05, 3.63) is 52.4 Å². The summed E-state index contributed by atoms with van der Waals surface area (Å²) in [4.78, 5) is 29.2. The second-order valence-corrected chi connectivity index (χ2v) is 7.13. The van der Waals surface area contributed by atoms with Crippen LogP contribution in [-0.2, 0) is 0 Å². The monoisotopic (exact) mass is 358 g/mol. The molecule has 1 amide bonds. The second-order valence-electron chi connectivity index (χ2n) is 7.13. The molecule has 0 aliphatic carbocycles. The lowest BCUT2D eigenvalue weighted by molar-refractivity contribution is 0.0683. The van der Waals surface area contributed by atoms with E-state index in [4.69, 9.17) is 0 Å². The van der Waals surface area contributed by atoms with Crippen LogP contribution in [-0.4, -0.2) is 70.4 Å². The third kappa shape index (κ3) is 3.89. The molecule has 26 heavy (non-hydrogen) atoms. The summed E-state index contributed by atoms with van der Waals surface area (Å²) in [6.07, 6.45) is 1.81. The fraction of sp³-hybridized carbons (Fsp3) is 0.474. The Morgan fingerprint density at radius 3 is 2.62 bits per heavy atom. The summed E-state index contributed by atoms with van der Waals surface area (Å²) >= 11 is 0. The van der Waals surface area contributed by atoms with E-state index in [0.29, 0.717) is 18.8 Å². The third-order valence-corrected chi connectivity index (χ3v) is 5.06. The Morgan fingerprint density at radius 1 is 1.23 bits per heavy atom. The van der Waals surface area contributed by atoms with E-state index < -0.39 is 0 Å². The van der Waals surface area contributed by atoms with E-state index in [1.165, 1.54) is 10.7 Å². The van der Waals surface area contributed by atoms with Crippen molar-refractivity contribution >= 4 is 5.91 Å². The van der Waals surface area contributed by atoms with E-state index >= 15 is 0 Å². The van der Waals surface area contributed by atoms with Crippen molar-refractivity contribution in [2.75, 3.05) is 33.8 Å². The predicted molar refractivity (Wildman–Crippen MR) is 99.6 cm³/mol. The van der Waals surface area contributed by atoms with Crippen LogP contribution in [0.2, 0.25) is 0 Å². The summed E-state index contributed by atoms with van der Waals surface area (Å²) in [6.45, 7) is 1.14. The lowest BCUT2D eigenvalue weighted by Gasteiger charge is -2.28. The van der Waals surface area contributed by atoms with Gasteiger partial charge in [0, 0.05) is 31.8 Å². The molecule has 2 atom stereocenters. The molecule has 3 rings (SSSR count). The van der Waals surface area contributed by atoms with Gasteiger partial charge in [0.2, 0.25) is 0 Å². The van der Waals surface area contributed by atoms with E-state index in [0.717, 1.165) is 12.8 Å². The fourth-order valence-electron chi connectivity index (χ4n) is 3.43. The van der Waals surface area contributed by atoms with E-state index in [2.05, 4.69) is 10.00 Å². The van der Waals surface area contributed by atoms with E-state index in [1.54, 1.807) is 4.90 Å². The van der Waals surface area contributed by atoms with Crippen molar-refractivity contribution in [1.29, 1.82) is 0 Å². The highest BCUT2D eigenvalue weighted by atomic mass is 16.3. The van der Waals surface area contributed by atoms with Gasteiger partial charge in [-0.05, 0) is 45.0 Å². The number of H-pyrrole nitrogens is 1. The van der Waals surface area contributed by atoms with Gasteiger partial charge < -0.3 is 14.9 Å². The Labute approximate surface area is 152 Å². The zero-order valence-electron chi connectivity index (χ0n) is 15.3. The van der Waals surface area contributed by atoms with Crippen LogP contribution < -0.4 is 5.56 Å². The number of likely N-dealkylation sites (tertiary alicyclic amines) is 1. The van der Waals surface area contributed by atoms with Gasteiger partial charge in [-0.1, -0.05) is 18.2 Å². The predicted octanol–water partition coefficient (Wildman–Crippen LogP) is 0.940. The number of carbonyl (C=O) groups excluding carboxylic acids is 1. The first-order valence-corrected chi connectivity index (χ1v) is 8.93. The van der Waals surface area contributed by atoms with Crippen LogP contribution in [0.4, 0.5) is 0 Å². The highest BCUT2D eigenvalue weighted by Gasteiger charge is 2.29. The van der Waals surface area contributed by atoms with Crippen molar-refractivity contribution in [1.82, 2.24) is 19.6 Å². The number of nitrogens with zero attached hydrogens (tertiary/aromatic N) is 3. The Morgan fingerprint density at radius 2 is 1.96 bits per heavy atom. The van der Waals surface area contributed by atoms with E-state index in [1.807, 2.05) is 44.4 Å². The topological polar surface area (TPSA) is 81.6 Å². The maximum Gasteiger partial charge on any atom is 0.272 e. The van der Waals surface area contributed by atoms with Crippen molar-refractivity contribution in [3.63, 3.8) is 0 Å². The Bertz CT molecular complexity index is 797. The van der Waals surface area contributed by atoms with Gasteiger partial charge in [-0.3, -0.25) is 14.7 Å². The number of hydrogen-bond acceptors (Lipinski definition) is 4. The first-order valence-electron chi connectivity index (χ1n) is 8.93. The number of benzene rings is 1. The first kappa shape index (κ1) is 18.4. The molecule has 1 aliphatic rings. The molecule has 0 saturated carbocycles. The van der Waals surface area contributed by atoms with Crippen molar-refractivity contribution in [3.8, 4) is 5.69 Å². The normalized spacial score (nSPS) is 21.0. The molecule has 7 heteroatoms. The molecule has 2 aromatic rings. The molecular formula is C19H26N4O3. The Hall–Kier alpha value is -2.38. The van der Waals surface area contributed by atoms with Gasteiger partial charge >= 0.3 is 0 Å². The number of carbonyl (C=O) groups is 1. The van der Waals surface area contributed by atoms with E-state index in [9.17, 15) is 14.7 Å². The summed E-state index contributed by atoms with van der Waals surface area (Å²) in [6, 6.07) is 10.7. The van der Waals surface area contributed by atoms with Crippen LogP contribution in [0.15, 0.2) is 41.2 Å². The standard InChI is InChI=1S/C19H26N4O3/c1-21(2)16-9-8-14(13-24)11-22(12-16)19(26)17-10-18(25)23(20-17)15-6-4-3-5-7-15/h3-7,10,14,16,20,24H,8-9,11-13H2,1-2H3/t14-,16+/m0/s1. The summed E-state index contributed by atoms with van der Waals surface area (Å²) in [7, 11) is 4.00. The molecule has 0 bridgehead atoms. The van der Waals surface area contributed by atoms with Crippen LogP contribution in [0.3, 0.4) is 0 Å². The fourth-order valence-corrected chi connectivity index (χ4v) is 3.43. The van der Waals surface area contributed by atoms with Crippen LogP contribution in [0, 0.1) is 5.92 Å². The summed E-state index contributed by atoms with van der Waals surface area (Å²) in [5.41, 5.74) is 0.694. The van der Waals surface area contributed by atoms with Gasteiger partial charge in [0.05, 0.1) is 5.69 Å². The SMILES string of the molecule is CN(C)[C@@H]1CC[C@H](CO)CN(C(=O)c2cc(=O)n(-c3ccccc3)[nH]2)C1. The number of aromatic amines is 1. The molecule has 1 aromatic carbocycles. The molecule has 2 heterocycles. The minimum Gasteiger partial charge on any atom is -0.396 e. The van der Waals surface area contributed by atoms with Gasteiger partial charge in [-0.15, -0.1) is 0 Å². The lowest BCUT2D eigenvalue weighted by Crippen LogP contribution is -2.43. The number of aliphatic hydroxyl groups is 1. The third-order valence-electron chi connectivity index (χ3n) is 5.06. The Kier molecular flexibility index (Phi) is 5.58. The summed E-state index contributed by atoms with van der Waals surface area (Å²) in [5, 5.41) is 12.5. The average molecular weight is 358 g/mol. The summed E-state index contributed by atoms with van der Waals surface area (Å²) < 4.78 is 1.37. The second kappa shape index (κ2) is 7.88. The molecule has 140 valence electrons. The molecule has 1 aromatic heterocycles. The van der Waals surface area contributed by atoms with Gasteiger partial charge in [0.25, 0.3) is 11.5 Å². The zero-order valence-corrected chi connectivity index (χ0v) is 15.3. The molecule has 1 aliphatic heterocycles. The van der Waals surface area contributed by atoms with Crippen molar-refractivity contribution in [2.24, 2.45) is 5.92 Å². The largest absolute Gasteiger partial charge is 0.396 e. The van der Waals surface area contributed by atoms with Crippen LogP contribution in [0.5, 0.6) is 0 Å². The van der Waals surface area contributed by atoms with E-state index in [-0.39, 0.29) is 35.7 Å². The smallest absolute Gasteiger partial charge is 0.272 e. The number of rotatable bonds is 4. The minimum atomic E-state index is -0.266. The quantitative estimate of drug-likeness (QED) is 0.852. The first-order chi connectivity index (χ1) is 12.5. The molecule has 0 unspecified atom stereocenters. The maximum absolute atomic E-state index is 13.0. The number of para-hydroxylation sites is 1. The van der Waals surface area contributed by atoms with Gasteiger partial charge in [0.1, 0.15) is 5.69 Å². The highest BCUT2D eigenvalue weighted by Crippen LogP contribution is 2.20. The average Bonchev–Trinajstić information content (AvgIpc) is 2.90. The van der Waals surface area contributed by atoms with Gasteiger partial charge in [-0.2, -0.15) is 0 Å². The molecule has 1 fully saturated rings. The van der Waals surface area contributed by atoms with Crippen LogP contribution >= 0.6 is 0 Å². The number of nitrogens with one attached hydrogen (secondary N) is 1. The molecule has 1 saturated heterocycles. The number of aromatic nitrogens is 2. The molecule has 0 radical (unpaired) electrons. The molecule has 2 N–H and O–H groups in total. The van der Waals surface area contributed by atoms with Crippen molar-refractivity contribution in [2.45, 2.75) is 18.9 Å². The lowest BCUT2D eigenvalue weighted by atomic mass is 10.0. The van der Waals surface area contributed by atoms with Crippen LogP contribution in [0.25, 0.3) is 5.69 Å². The Balaban J connectivity index is 1.86. The van der Waals surface area contributed by atoms with Gasteiger partial charge in [-0.25, -0.2) is 4.68 Å². The molecule has 7 nitrogen and oxygen atoms in total. The highest BCUT2D eigenvalue weighted by molar-refractivity contribution is 5.92. The zero-order chi connectivity index (χ0) is 18.7. The number of aliphatic hydroxyl groups excluding tert-OH is 1. The van der Waals surface area contributed by atoms with Crippen LogP contribution in [0.1, 0.15) is 23.3 Å². The summed E-state index contributed by atoms with van der Waals surface area (Å²) in [5.74, 6) is -0.143. The molecule has 0 spiro atoms.